The van der Waals surface area contributed by atoms with Crippen LogP contribution >= 0.6 is 0 Å². The third kappa shape index (κ3) is 3.16. The van der Waals surface area contributed by atoms with Gasteiger partial charge in [0.2, 0.25) is 10.0 Å². The van der Waals surface area contributed by atoms with Crippen molar-refractivity contribution < 1.29 is 22.3 Å². The number of sulfonamides is 1. The first kappa shape index (κ1) is 18.6. The number of piperazine rings is 1. The second-order valence-electron chi connectivity index (χ2n) is 6.54. The molecule has 1 N–H and O–H groups in total. The second kappa shape index (κ2) is 6.67. The minimum atomic E-state index is -3.20. The van der Waals surface area contributed by atoms with Gasteiger partial charge in [-0.3, -0.25) is 0 Å². The summed E-state index contributed by atoms with van der Waals surface area (Å²) < 4.78 is 53.6. The van der Waals surface area contributed by atoms with Gasteiger partial charge in [0.05, 0.1) is 24.3 Å². The number of rotatable bonds is 3. The zero-order chi connectivity index (χ0) is 20.1. The summed E-state index contributed by atoms with van der Waals surface area (Å²) >= 11 is 0. The van der Waals surface area contributed by atoms with Gasteiger partial charge in [0.25, 0.3) is 0 Å². The van der Waals surface area contributed by atoms with Crippen molar-refractivity contribution in [2.24, 2.45) is 0 Å². The van der Waals surface area contributed by atoms with Crippen LogP contribution in [0.4, 0.5) is 14.5 Å². The zero-order valence-corrected chi connectivity index (χ0v) is 15.7. The van der Waals surface area contributed by atoms with E-state index in [2.05, 4.69) is 10.1 Å². The zero-order valence-electron chi connectivity index (χ0n) is 14.9. The van der Waals surface area contributed by atoms with Crippen LogP contribution in [0.3, 0.4) is 0 Å². The molecule has 1 aromatic carbocycles. The van der Waals surface area contributed by atoms with Gasteiger partial charge in [0, 0.05) is 31.6 Å². The molecular formula is C17H17F2N5O3S. The summed E-state index contributed by atoms with van der Waals surface area (Å²) in [4.78, 5) is 6.29. The van der Waals surface area contributed by atoms with Crippen LogP contribution in [0.15, 0.2) is 30.6 Å². The highest BCUT2D eigenvalue weighted by Crippen LogP contribution is 2.30. The number of aromatic nitrogens is 3. The molecule has 28 heavy (non-hydrogen) atoms. The Morgan fingerprint density at radius 2 is 1.82 bits per heavy atom. The molecule has 0 saturated carbocycles. The van der Waals surface area contributed by atoms with E-state index in [1.807, 2.05) is 4.90 Å². The normalized spacial score (nSPS) is 16.0. The maximum atomic E-state index is 14.3. The van der Waals surface area contributed by atoms with Gasteiger partial charge in [0.1, 0.15) is 5.52 Å². The molecular weight excluding hydrogens is 392 g/mol. The van der Waals surface area contributed by atoms with Crippen LogP contribution < -0.4 is 4.90 Å². The van der Waals surface area contributed by atoms with Crippen molar-refractivity contribution in [3.05, 3.63) is 42.2 Å². The van der Waals surface area contributed by atoms with E-state index in [9.17, 15) is 22.3 Å². The van der Waals surface area contributed by atoms with Gasteiger partial charge in [-0.15, -0.1) is 0 Å². The molecule has 3 heterocycles. The summed E-state index contributed by atoms with van der Waals surface area (Å²) in [5.74, 6) is -2.91. The molecule has 4 rings (SSSR count). The average molecular weight is 409 g/mol. The fraction of sp³-hybridized carbons (Fsp3) is 0.294. The summed E-state index contributed by atoms with van der Waals surface area (Å²) in [6, 6.07) is 4.41. The van der Waals surface area contributed by atoms with Crippen molar-refractivity contribution >= 4 is 26.6 Å². The average Bonchev–Trinajstić information content (AvgIpc) is 3.09. The number of pyridine rings is 1. The van der Waals surface area contributed by atoms with Crippen LogP contribution in [-0.2, 0) is 10.0 Å². The molecule has 1 aliphatic rings. The number of hydrogen-bond acceptors (Lipinski definition) is 6. The molecule has 0 spiro atoms. The van der Waals surface area contributed by atoms with Crippen LogP contribution in [0.25, 0.3) is 16.7 Å². The molecule has 0 bridgehead atoms. The quantitative estimate of drug-likeness (QED) is 0.705. The third-order valence-electron chi connectivity index (χ3n) is 4.74. The number of halogens is 2. The molecule has 1 fully saturated rings. The lowest BCUT2D eigenvalue weighted by molar-refractivity contribution is 0.388. The Hall–Kier alpha value is -2.79. The molecule has 8 nitrogen and oxygen atoms in total. The Balaban J connectivity index is 1.60. The van der Waals surface area contributed by atoms with E-state index in [1.165, 1.54) is 21.4 Å². The molecule has 0 aliphatic carbocycles. The third-order valence-corrected chi connectivity index (χ3v) is 6.05. The molecule has 0 radical (unpaired) electrons. The Kier molecular flexibility index (Phi) is 4.42. The van der Waals surface area contributed by atoms with Crippen molar-refractivity contribution in [1.29, 1.82) is 0 Å². The van der Waals surface area contributed by atoms with Gasteiger partial charge < -0.3 is 10.0 Å². The fourth-order valence-electron chi connectivity index (χ4n) is 3.25. The highest BCUT2D eigenvalue weighted by Gasteiger charge is 2.24. The van der Waals surface area contributed by atoms with Gasteiger partial charge in [-0.05, 0) is 18.2 Å². The number of fused-ring (bicyclic) bond motifs is 1. The first-order chi connectivity index (χ1) is 13.3. The molecule has 11 heteroatoms. The number of benzene rings is 1. The minimum Gasteiger partial charge on any atom is -0.503 e. The fourth-order valence-corrected chi connectivity index (χ4v) is 4.08. The van der Waals surface area contributed by atoms with E-state index >= 15 is 0 Å². The number of anilines is 1. The van der Waals surface area contributed by atoms with Crippen molar-refractivity contribution in [3.63, 3.8) is 0 Å². The highest BCUT2D eigenvalue weighted by molar-refractivity contribution is 7.88. The summed E-state index contributed by atoms with van der Waals surface area (Å²) in [6.45, 7) is 1.84. The van der Waals surface area contributed by atoms with E-state index in [-0.39, 0.29) is 10.9 Å². The Labute approximate surface area is 159 Å². The second-order valence-corrected chi connectivity index (χ2v) is 8.52. The van der Waals surface area contributed by atoms with Crippen LogP contribution in [0.1, 0.15) is 0 Å². The smallest absolute Gasteiger partial charge is 0.211 e. The number of hydrogen-bond donors (Lipinski definition) is 1. The van der Waals surface area contributed by atoms with Crippen molar-refractivity contribution in [2.75, 3.05) is 37.3 Å². The number of aromatic hydroxyl groups is 1. The first-order valence-electron chi connectivity index (χ1n) is 8.47. The summed E-state index contributed by atoms with van der Waals surface area (Å²) in [5, 5.41) is 13.8. The number of nitrogens with zero attached hydrogens (tertiary/aromatic N) is 5. The highest BCUT2D eigenvalue weighted by atomic mass is 32.2. The van der Waals surface area contributed by atoms with E-state index < -0.39 is 27.4 Å². The molecule has 2 aromatic heterocycles. The van der Waals surface area contributed by atoms with Crippen molar-refractivity contribution in [3.8, 4) is 11.6 Å². The van der Waals surface area contributed by atoms with Gasteiger partial charge in [-0.25, -0.2) is 26.9 Å². The monoisotopic (exact) mass is 409 g/mol. The lowest BCUT2D eigenvalue weighted by Crippen LogP contribution is -2.48. The van der Waals surface area contributed by atoms with Crippen LogP contribution in [0, 0.1) is 11.6 Å². The van der Waals surface area contributed by atoms with E-state index in [0.717, 1.165) is 11.8 Å². The maximum absolute atomic E-state index is 14.3. The predicted molar refractivity (Wildman–Crippen MR) is 99.1 cm³/mol. The molecule has 1 saturated heterocycles. The molecule has 0 atom stereocenters. The minimum absolute atomic E-state index is 0.0686. The standard InChI is InChI=1S/C17H17F2N5O3S/c1-28(26,27)23-6-4-22(5-7-23)12-2-3-14(20-10-12)24-16-11(9-21-24)8-13(18)17(25)15(16)19/h2-3,8-10,25H,4-7H2,1H3. The number of phenolic OH excluding ortho intramolecular Hbond substituents is 1. The van der Waals surface area contributed by atoms with Crippen molar-refractivity contribution in [1.82, 2.24) is 19.1 Å². The first-order valence-corrected chi connectivity index (χ1v) is 10.3. The van der Waals surface area contributed by atoms with E-state index in [4.69, 9.17) is 0 Å². The van der Waals surface area contributed by atoms with E-state index in [1.54, 1.807) is 18.3 Å². The SMILES string of the molecule is CS(=O)(=O)N1CCN(c2ccc(-n3ncc4cc(F)c(O)c(F)c43)nc2)CC1. The van der Waals surface area contributed by atoms with Gasteiger partial charge in [-0.1, -0.05) is 0 Å². The van der Waals surface area contributed by atoms with Gasteiger partial charge in [0.15, 0.2) is 23.2 Å². The molecule has 0 unspecified atom stereocenters. The Morgan fingerprint density at radius 1 is 1.11 bits per heavy atom. The topological polar surface area (TPSA) is 91.6 Å². The van der Waals surface area contributed by atoms with Crippen LogP contribution in [-0.4, -0.2) is 65.0 Å². The molecule has 1 aliphatic heterocycles. The van der Waals surface area contributed by atoms with Gasteiger partial charge >= 0.3 is 0 Å². The van der Waals surface area contributed by atoms with Crippen molar-refractivity contribution in [2.45, 2.75) is 0 Å². The molecule has 0 amide bonds. The molecule has 148 valence electrons. The maximum Gasteiger partial charge on any atom is 0.211 e. The lowest BCUT2D eigenvalue weighted by atomic mass is 10.2. The Morgan fingerprint density at radius 3 is 2.43 bits per heavy atom. The molecule has 3 aromatic rings. The van der Waals surface area contributed by atoms with Crippen LogP contribution in [0.5, 0.6) is 5.75 Å². The lowest BCUT2D eigenvalue weighted by Gasteiger charge is -2.34. The van der Waals surface area contributed by atoms with E-state index in [0.29, 0.717) is 32.0 Å². The summed E-state index contributed by atoms with van der Waals surface area (Å²) in [7, 11) is -3.20. The Bertz CT molecular complexity index is 1140. The summed E-state index contributed by atoms with van der Waals surface area (Å²) in [5.41, 5.74) is 0.726. The summed E-state index contributed by atoms with van der Waals surface area (Å²) in [6.07, 6.45) is 4.07. The van der Waals surface area contributed by atoms with Gasteiger partial charge in [-0.2, -0.15) is 9.40 Å². The predicted octanol–water partition coefficient (Wildman–Crippen LogP) is 1.49. The van der Waals surface area contributed by atoms with Crippen LogP contribution in [0.2, 0.25) is 0 Å². The largest absolute Gasteiger partial charge is 0.503 e. The number of phenols is 1.